The van der Waals surface area contributed by atoms with Crippen LogP contribution >= 0.6 is 0 Å². The van der Waals surface area contributed by atoms with Crippen molar-refractivity contribution in [2.75, 3.05) is 4.90 Å². The molecule has 0 aliphatic heterocycles. The fraction of sp³-hybridized carbons (Fsp3) is 0.128. The van der Waals surface area contributed by atoms with E-state index in [2.05, 4.69) is 142 Å². The second-order valence-electron chi connectivity index (χ2n) is 13.9. The summed E-state index contributed by atoms with van der Waals surface area (Å²) in [5.74, 6) is 1.50. The Labute approximate surface area is 304 Å². The number of phenolic OH excluding ortho intramolecular Hbond substituents is 1. The van der Waals surface area contributed by atoms with Gasteiger partial charge < -0.3 is 5.11 Å². The summed E-state index contributed by atoms with van der Waals surface area (Å²) in [4.78, 5) is 17.6. The largest absolute Gasteiger partial charge is 0.507 e. The summed E-state index contributed by atoms with van der Waals surface area (Å²) < 4.78 is 0. The van der Waals surface area contributed by atoms with E-state index >= 15 is 0 Å². The van der Waals surface area contributed by atoms with Gasteiger partial charge in [0.25, 0.3) is 0 Å². The molecule has 1 N–H and O–H groups in total. The minimum Gasteiger partial charge on any atom is -0.507 e. The second-order valence-corrected chi connectivity index (χ2v) is 13.9. The smallest absolute Gasteiger partial charge is 0.145 e. The Morgan fingerprint density at radius 3 is 2.02 bits per heavy atom. The van der Waals surface area contributed by atoms with Crippen molar-refractivity contribution < 1.29 is 5.11 Å². The summed E-state index contributed by atoms with van der Waals surface area (Å²) in [7, 11) is 0. The van der Waals surface area contributed by atoms with Crippen LogP contribution in [0.4, 0.5) is 17.2 Å². The van der Waals surface area contributed by atoms with Gasteiger partial charge in [-0.05, 0) is 64.1 Å². The van der Waals surface area contributed by atoms with Crippen molar-refractivity contribution >= 4 is 38.7 Å². The number of benzene rings is 6. The zero-order valence-corrected chi connectivity index (χ0v) is 29.8. The minimum absolute atomic E-state index is 0.133. The highest BCUT2D eigenvalue weighted by Crippen LogP contribution is 2.44. The van der Waals surface area contributed by atoms with Gasteiger partial charge in [0.15, 0.2) is 0 Å². The molecule has 0 saturated heterocycles. The summed E-state index contributed by atoms with van der Waals surface area (Å²) in [6, 6.07) is 48.0. The molecule has 2 aromatic heterocycles. The molecule has 0 aliphatic rings. The molecule has 0 unspecified atom stereocenters. The van der Waals surface area contributed by atoms with E-state index < -0.39 is 0 Å². The zero-order valence-electron chi connectivity index (χ0n) is 29.8. The van der Waals surface area contributed by atoms with Crippen LogP contribution in [0, 0.1) is 0 Å². The fourth-order valence-electron chi connectivity index (χ4n) is 7.02. The number of fused-ring (bicyclic) bond motifs is 2. The molecule has 0 radical (unpaired) electrons. The van der Waals surface area contributed by atoms with Crippen LogP contribution in [0.25, 0.3) is 55.3 Å². The maximum absolute atomic E-state index is 11.8. The normalized spacial score (nSPS) is 11.5. The van der Waals surface area contributed by atoms with E-state index in [-0.39, 0.29) is 17.6 Å². The van der Waals surface area contributed by atoms with Crippen LogP contribution in [0.1, 0.15) is 50.7 Å². The standard InChI is InChI=1S/C47H40N4O/c1-30(2)36-27-40(31(3)4)46(52)41(28-36)45-44(34-16-6-5-7-17-34)49-29-42(50-45)35-19-12-20-37(26-35)51(43-23-13-18-32-14-8-10-21-38(32)43)47-39-22-11-9-15-33(39)24-25-48-47/h5-31,52H,1-4H3. The molecule has 52 heavy (non-hydrogen) atoms. The lowest BCUT2D eigenvalue weighted by Crippen LogP contribution is -2.12. The van der Waals surface area contributed by atoms with Crippen LogP contribution in [-0.2, 0) is 0 Å². The molecule has 8 rings (SSSR count). The molecule has 5 heteroatoms. The van der Waals surface area contributed by atoms with E-state index in [1.807, 2.05) is 42.7 Å². The second kappa shape index (κ2) is 13.8. The first-order valence-corrected chi connectivity index (χ1v) is 17.9. The molecular formula is C47H40N4O. The monoisotopic (exact) mass is 676 g/mol. The molecule has 0 fully saturated rings. The van der Waals surface area contributed by atoms with Crippen molar-refractivity contribution in [2.45, 2.75) is 39.5 Å². The molecule has 6 aromatic carbocycles. The Morgan fingerprint density at radius 1 is 0.577 bits per heavy atom. The van der Waals surface area contributed by atoms with Crippen molar-refractivity contribution in [1.82, 2.24) is 15.0 Å². The number of hydrogen-bond donors (Lipinski definition) is 1. The molecule has 2 heterocycles. The molecule has 0 atom stereocenters. The maximum Gasteiger partial charge on any atom is 0.145 e. The van der Waals surface area contributed by atoms with E-state index in [1.54, 1.807) is 0 Å². The highest BCUT2D eigenvalue weighted by Gasteiger charge is 2.23. The van der Waals surface area contributed by atoms with Crippen molar-refractivity contribution in [3.05, 3.63) is 163 Å². The number of pyridine rings is 1. The number of hydrogen-bond acceptors (Lipinski definition) is 5. The summed E-state index contributed by atoms with van der Waals surface area (Å²) in [6.45, 7) is 8.58. The zero-order chi connectivity index (χ0) is 35.8. The lowest BCUT2D eigenvalue weighted by molar-refractivity contribution is 0.466. The van der Waals surface area contributed by atoms with Crippen molar-refractivity contribution in [2.24, 2.45) is 0 Å². The highest BCUT2D eigenvalue weighted by molar-refractivity contribution is 6.03. The van der Waals surface area contributed by atoms with Crippen LogP contribution in [0.5, 0.6) is 5.75 Å². The fourth-order valence-corrected chi connectivity index (χ4v) is 7.02. The van der Waals surface area contributed by atoms with Gasteiger partial charge in [0, 0.05) is 39.3 Å². The molecule has 0 spiro atoms. The van der Waals surface area contributed by atoms with Crippen LogP contribution in [-0.4, -0.2) is 20.1 Å². The third kappa shape index (κ3) is 6.05. The van der Waals surface area contributed by atoms with Crippen LogP contribution in [0.3, 0.4) is 0 Å². The summed E-state index contributed by atoms with van der Waals surface area (Å²) in [5.41, 5.74) is 8.65. The Kier molecular flexibility index (Phi) is 8.70. The third-order valence-electron chi connectivity index (χ3n) is 9.80. The number of anilines is 3. The van der Waals surface area contributed by atoms with Gasteiger partial charge in [-0.1, -0.05) is 137 Å². The van der Waals surface area contributed by atoms with Gasteiger partial charge in [0.05, 0.1) is 23.3 Å². The SMILES string of the molecule is CC(C)c1cc(-c2nc(-c3cccc(N(c4cccc5ccccc45)c4nccc5ccccc45)c3)cnc2-c2ccccc2)c(O)c(C(C)C)c1. The molecule has 8 aromatic rings. The molecule has 0 saturated carbocycles. The lowest BCUT2D eigenvalue weighted by atomic mass is 9.90. The van der Waals surface area contributed by atoms with E-state index in [0.29, 0.717) is 17.0 Å². The Morgan fingerprint density at radius 2 is 1.25 bits per heavy atom. The van der Waals surface area contributed by atoms with Gasteiger partial charge in [0.2, 0.25) is 0 Å². The quantitative estimate of drug-likeness (QED) is 0.174. The predicted octanol–water partition coefficient (Wildman–Crippen LogP) is 12.6. The summed E-state index contributed by atoms with van der Waals surface area (Å²) in [6.07, 6.45) is 3.72. The molecule has 254 valence electrons. The molecule has 5 nitrogen and oxygen atoms in total. The number of rotatable bonds is 8. The van der Waals surface area contributed by atoms with Gasteiger partial charge in [0.1, 0.15) is 17.3 Å². The molecule has 0 amide bonds. The van der Waals surface area contributed by atoms with Crippen molar-refractivity contribution in [3.8, 4) is 39.5 Å². The topological polar surface area (TPSA) is 62.1 Å². The van der Waals surface area contributed by atoms with E-state index in [9.17, 15) is 5.11 Å². The minimum atomic E-state index is 0.133. The maximum atomic E-state index is 11.8. The Bertz CT molecular complexity index is 2470. The highest BCUT2D eigenvalue weighted by atomic mass is 16.3. The van der Waals surface area contributed by atoms with Crippen molar-refractivity contribution in [3.63, 3.8) is 0 Å². The third-order valence-corrected chi connectivity index (χ3v) is 9.80. The van der Waals surface area contributed by atoms with Crippen molar-refractivity contribution in [1.29, 1.82) is 0 Å². The molecule has 0 aliphatic carbocycles. The van der Waals surface area contributed by atoms with Gasteiger partial charge in [-0.15, -0.1) is 0 Å². The number of aromatic hydroxyl groups is 1. The number of phenols is 1. The van der Waals surface area contributed by atoms with Gasteiger partial charge in [-0.2, -0.15) is 0 Å². The average Bonchev–Trinajstić information content (AvgIpc) is 3.18. The van der Waals surface area contributed by atoms with Gasteiger partial charge in [-0.25, -0.2) is 9.97 Å². The average molecular weight is 677 g/mol. The van der Waals surface area contributed by atoms with Crippen LogP contribution in [0.15, 0.2) is 152 Å². The number of nitrogens with zero attached hydrogens (tertiary/aromatic N) is 4. The first-order chi connectivity index (χ1) is 25.4. The predicted molar refractivity (Wildman–Crippen MR) is 216 cm³/mol. The van der Waals surface area contributed by atoms with Gasteiger partial charge in [-0.3, -0.25) is 9.88 Å². The van der Waals surface area contributed by atoms with Crippen LogP contribution < -0.4 is 4.90 Å². The first kappa shape index (κ1) is 32.9. The van der Waals surface area contributed by atoms with Crippen LogP contribution in [0.2, 0.25) is 0 Å². The molecular weight excluding hydrogens is 637 g/mol. The first-order valence-electron chi connectivity index (χ1n) is 17.9. The lowest BCUT2D eigenvalue weighted by Gasteiger charge is -2.27. The Balaban J connectivity index is 1.35. The molecule has 0 bridgehead atoms. The van der Waals surface area contributed by atoms with E-state index in [1.165, 1.54) is 0 Å². The Hall–Kier alpha value is -6.33. The number of aromatic nitrogens is 3. The van der Waals surface area contributed by atoms with Gasteiger partial charge >= 0.3 is 0 Å². The van der Waals surface area contributed by atoms with E-state index in [0.717, 1.165) is 66.7 Å². The summed E-state index contributed by atoms with van der Waals surface area (Å²) in [5, 5.41) is 16.3. The summed E-state index contributed by atoms with van der Waals surface area (Å²) >= 11 is 0. The van der Waals surface area contributed by atoms with E-state index in [4.69, 9.17) is 15.0 Å².